The van der Waals surface area contributed by atoms with Gasteiger partial charge in [0.05, 0.1) is 11.4 Å². The first-order chi connectivity index (χ1) is 19.5. The molecule has 1 aromatic heterocycles. The Hall–Kier alpha value is -4.79. The van der Waals surface area contributed by atoms with Crippen molar-refractivity contribution in [3.05, 3.63) is 101 Å². The molecule has 0 aliphatic carbocycles. The lowest BCUT2D eigenvalue weighted by molar-refractivity contribution is -0.117. The predicted molar refractivity (Wildman–Crippen MR) is 150 cm³/mol. The Kier molecular flexibility index (Phi) is 6.86. The number of nitrogens with zero attached hydrogens (tertiary/aromatic N) is 3. The molecule has 0 unspecified atom stereocenters. The number of hydrogen-bond donors (Lipinski definition) is 2. The van der Waals surface area contributed by atoms with E-state index in [0.717, 1.165) is 30.4 Å². The molecule has 0 spiro atoms. The molecule has 6 rings (SSSR count). The molecule has 0 saturated heterocycles. The van der Waals surface area contributed by atoms with Gasteiger partial charge >= 0.3 is 0 Å². The summed E-state index contributed by atoms with van der Waals surface area (Å²) in [5.41, 5.74) is 3.10. The first kappa shape index (κ1) is 25.5. The number of hydrogen-bond acceptors (Lipinski definition) is 5. The lowest BCUT2D eigenvalue weighted by Crippen LogP contribution is -2.42. The fourth-order valence-electron chi connectivity index (χ4n) is 5.11. The molecule has 2 aliphatic heterocycles. The smallest absolute Gasteiger partial charge is 0.269 e. The van der Waals surface area contributed by atoms with Crippen molar-refractivity contribution in [2.45, 2.75) is 45.0 Å². The van der Waals surface area contributed by atoms with Crippen molar-refractivity contribution in [2.75, 3.05) is 5.32 Å². The van der Waals surface area contributed by atoms with Crippen LogP contribution in [0.3, 0.4) is 0 Å². The zero-order valence-corrected chi connectivity index (χ0v) is 21.9. The van der Waals surface area contributed by atoms with Crippen LogP contribution in [0, 0.1) is 5.82 Å². The SMILES string of the molecule is CC[C@H]1CCCn2nc(-c3ccccc3F)c(C(=O)N[C@H]3N=C(c4ccccc4)c4ccccc4NC3=O)c2O1. The van der Waals surface area contributed by atoms with Gasteiger partial charge in [0, 0.05) is 23.2 Å². The Labute approximate surface area is 230 Å². The van der Waals surface area contributed by atoms with Crippen LogP contribution in [0.5, 0.6) is 5.88 Å². The Morgan fingerprint density at radius 2 is 1.77 bits per heavy atom. The van der Waals surface area contributed by atoms with Gasteiger partial charge in [0.25, 0.3) is 11.8 Å². The summed E-state index contributed by atoms with van der Waals surface area (Å²) in [4.78, 5) is 32.1. The summed E-state index contributed by atoms with van der Waals surface area (Å²) in [7, 11) is 0. The number of aliphatic imine (C=N–C) groups is 1. The number of halogens is 1. The molecule has 3 aromatic carbocycles. The van der Waals surface area contributed by atoms with Crippen LogP contribution in [0.1, 0.15) is 47.7 Å². The van der Waals surface area contributed by atoms with Crippen LogP contribution < -0.4 is 15.4 Å². The zero-order chi connectivity index (χ0) is 27.6. The van der Waals surface area contributed by atoms with E-state index in [1.807, 2.05) is 55.5 Å². The van der Waals surface area contributed by atoms with Gasteiger partial charge in [0.1, 0.15) is 23.2 Å². The number of aromatic nitrogens is 2. The van der Waals surface area contributed by atoms with Gasteiger partial charge < -0.3 is 15.4 Å². The molecule has 2 atom stereocenters. The molecular weight excluding hydrogens is 509 g/mol. The molecule has 8 nitrogen and oxygen atoms in total. The standard InChI is InChI=1S/C31H28FN5O3/c1-2-20-13-10-18-37-31(40-20)25(27(36-37)21-14-6-8-16-23(21)32)29(38)35-28-30(39)33-24-17-9-7-15-22(24)26(34-28)19-11-4-3-5-12-19/h3-9,11-12,14-17,20,28H,2,10,13,18H2,1H3,(H,33,39)(H,35,38)/t20-,28+/m0/s1. The number of anilines is 1. The Bertz CT molecular complexity index is 1610. The minimum absolute atomic E-state index is 0.0801. The van der Waals surface area contributed by atoms with Crippen LogP contribution in [-0.2, 0) is 11.3 Å². The van der Waals surface area contributed by atoms with E-state index in [4.69, 9.17) is 9.73 Å². The topological polar surface area (TPSA) is 97.6 Å². The highest BCUT2D eigenvalue weighted by Gasteiger charge is 2.34. The van der Waals surface area contributed by atoms with Gasteiger partial charge in [-0.1, -0.05) is 67.6 Å². The first-order valence-corrected chi connectivity index (χ1v) is 13.4. The molecular formula is C31H28FN5O3. The summed E-state index contributed by atoms with van der Waals surface area (Å²) in [5, 5.41) is 10.3. The second-order valence-corrected chi connectivity index (χ2v) is 9.78. The van der Waals surface area contributed by atoms with E-state index in [-0.39, 0.29) is 28.8 Å². The highest BCUT2D eigenvalue weighted by molar-refractivity contribution is 6.20. The highest BCUT2D eigenvalue weighted by Crippen LogP contribution is 2.35. The Morgan fingerprint density at radius 3 is 2.55 bits per heavy atom. The van der Waals surface area contributed by atoms with E-state index in [9.17, 15) is 14.0 Å². The number of rotatable bonds is 5. The number of carbonyl (C=O) groups is 2. The summed E-state index contributed by atoms with van der Waals surface area (Å²) in [6.07, 6.45) is 0.987. The molecule has 2 amide bonds. The number of carbonyl (C=O) groups excluding carboxylic acids is 2. The van der Waals surface area contributed by atoms with E-state index >= 15 is 0 Å². The molecule has 202 valence electrons. The van der Waals surface area contributed by atoms with Crippen molar-refractivity contribution in [1.82, 2.24) is 15.1 Å². The van der Waals surface area contributed by atoms with Gasteiger partial charge in [0.15, 0.2) is 0 Å². The number of para-hydroxylation sites is 1. The number of nitrogens with one attached hydrogen (secondary N) is 2. The number of benzene rings is 3. The Balaban J connectivity index is 1.44. The molecule has 0 saturated carbocycles. The van der Waals surface area contributed by atoms with Crippen LogP contribution in [0.2, 0.25) is 0 Å². The van der Waals surface area contributed by atoms with Crippen molar-refractivity contribution < 1.29 is 18.7 Å². The van der Waals surface area contributed by atoms with Crippen LogP contribution in [-0.4, -0.2) is 39.6 Å². The predicted octanol–water partition coefficient (Wildman–Crippen LogP) is 5.19. The molecule has 3 heterocycles. The molecule has 2 aliphatic rings. The molecule has 2 N–H and O–H groups in total. The van der Waals surface area contributed by atoms with E-state index in [2.05, 4.69) is 15.7 Å². The maximum Gasteiger partial charge on any atom is 0.269 e. The number of benzodiazepines with no additional fused rings is 1. The lowest BCUT2D eigenvalue weighted by Gasteiger charge is -2.17. The van der Waals surface area contributed by atoms with Gasteiger partial charge in [-0.05, 0) is 37.5 Å². The summed E-state index contributed by atoms with van der Waals surface area (Å²) < 4.78 is 22.8. The summed E-state index contributed by atoms with van der Waals surface area (Å²) in [6.45, 7) is 2.54. The van der Waals surface area contributed by atoms with Crippen LogP contribution in [0.4, 0.5) is 10.1 Å². The van der Waals surface area contributed by atoms with Crippen molar-refractivity contribution in [1.29, 1.82) is 0 Å². The van der Waals surface area contributed by atoms with E-state index in [0.29, 0.717) is 17.9 Å². The van der Waals surface area contributed by atoms with E-state index < -0.39 is 23.8 Å². The summed E-state index contributed by atoms with van der Waals surface area (Å²) in [6, 6.07) is 23.0. The summed E-state index contributed by atoms with van der Waals surface area (Å²) in [5.74, 6) is -1.36. The fraction of sp³-hybridized carbons (Fsp3) is 0.226. The third-order valence-corrected chi connectivity index (χ3v) is 7.15. The van der Waals surface area contributed by atoms with Crippen LogP contribution in [0.15, 0.2) is 83.9 Å². The van der Waals surface area contributed by atoms with E-state index in [1.165, 1.54) is 6.07 Å². The van der Waals surface area contributed by atoms with Gasteiger partial charge in [-0.3, -0.25) is 9.59 Å². The minimum Gasteiger partial charge on any atom is -0.474 e. The number of aryl methyl sites for hydroxylation is 1. The van der Waals surface area contributed by atoms with Crippen LogP contribution >= 0.6 is 0 Å². The maximum atomic E-state index is 15.0. The minimum atomic E-state index is -1.26. The van der Waals surface area contributed by atoms with Crippen molar-refractivity contribution in [3.63, 3.8) is 0 Å². The normalized spacial score (nSPS) is 18.2. The van der Waals surface area contributed by atoms with Crippen molar-refractivity contribution >= 4 is 23.2 Å². The number of amides is 2. The van der Waals surface area contributed by atoms with Crippen molar-refractivity contribution in [3.8, 4) is 17.1 Å². The summed E-state index contributed by atoms with van der Waals surface area (Å²) >= 11 is 0. The molecule has 0 fully saturated rings. The van der Waals surface area contributed by atoms with E-state index in [1.54, 1.807) is 28.9 Å². The highest BCUT2D eigenvalue weighted by atomic mass is 19.1. The van der Waals surface area contributed by atoms with Gasteiger partial charge in [-0.2, -0.15) is 5.10 Å². The molecule has 40 heavy (non-hydrogen) atoms. The quantitative estimate of drug-likeness (QED) is 0.366. The molecule has 9 heteroatoms. The zero-order valence-electron chi connectivity index (χ0n) is 21.9. The van der Waals surface area contributed by atoms with Gasteiger partial charge in [0.2, 0.25) is 12.0 Å². The maximum absolute atomic E-state index is 15.0. The first-order valence-electron chi connectivity index (χ1n) is 13.4. The second kappa shape index (κ2) is 10.8. The lowest BCUT2D eigenvalue weighted by atomic mass is 10.0. The number of fused-ring (bicyclic) bond motifs is 2. The van der Waals surface area contributed by atoms with Crippen molar-refractivity contribution in [2.24, 2.45) is 4.99 Å². The van der Waals surface area contributed by atoms with Crippen LogP contribution in [0.25, 0.3) is 11.3 Å². The average Bonchev–Trinajstić information content (AvgIpc) is 3.10. The molecule has 0 radical (unpaired) electrons. The molecule has 4 aromatic rings. The molecule has 0 bridgehead atoms. The third kappa shape index (κ3) is 4.75. The van der Waals surface area contributed by atoms with Gasteiger partial charge in [-0.25, -0.2) is 14.1 Å². The Morgan fingerprint density at radius 1 is 1.05 bits per heavy atom. The number of ether oxygens (including phenoxy) is 1. The largest absolute Gasteiger partial charge is 0.474 e. The third-order valence-electron chi connectivity index (χ3n) is 7.15. The fourth-order valence-corrected chi connectivity index (χ4v) is 5.11. The monoisotopic (exact) mass is 537 g/mol. The average molecular weight is 538 g/mol. The van der Waals surface area contributed by atoms with Gasteiger partial charge in [-0.15, -0.1) is 0 Å². The second-order valence-electron chi connectivity index (χ2n) is 9.78.